The van der Waals surface area contributed by atoms with Crippen molar-refractivity contribution in [2.45, 2.75) is 32.0 Å². The first kappa shape index (κ1) is 14.2. The molecule has 1 heterocycles. The quantitative estimate of drug-likeness (QED) is 0.681. The van der Waals surface area contributed by atoms with Gasteiger partial charge in [-0.25, -0.2) is 0 Å². The van der Waals surface area contributed by atoms with Gasteiger partial charge in [-0.1, -0.05) is 0 Å². The Labute approximate surface area is 97.6 Å². The Balaban J connectivity index is 2.63. The average molecular weight is 254 g/mol. The molecule has 100 valence electrons. The fraction of sp³-hybridized carbons (Fsp3) is 0.900. The number of carbonyl (C=O) groups excluding carboxylic acids is 1. The highest BCUT2D eigenvalue weighted by atomic mass is 19.4. The van der Waals surface area contributed by atoms with Gasteiger partial charge in [0, 0.05) is 13.1 Å². The van der Waals surface area contributed by atoms with Crippen molar-refractivity contribution in [3.05, 3.63) is 0 Å². The molecule has 2 atom stereocenters. The van der Waals surface area contributed by atoms with E-state index in [0.29, 0.717) is 0 Å². The van der Waals surface area contributed by atoms with Crippen LogP contribution >= 0.6 is 0 Å². The second-order valence-corrected chi connectivity index (χ2v) is 4.40. The molecule has 4 nitrogen and oxygen atoms in total. The number of alkyl halides is 3. The first-order valence-corrected chi connectivity index (χ1v) is 5.53. The van der Waals surface area contributed by atoms with Gasteiger partial charge in [0.2, 0.25) is 5.91 Å². The third-order valence-electron chi connectivity index (χ3n) is 2.98. The van der Waals surface area contributed by atoms with Crippen LogP contribution < -0.4 is 10.6 Å². The highest BCUT2D eigenvalue weighted by Crippen LogP contribution is 2.43. The molecule has 1 aliphatic heterocycles. The maximum Gasteiger partial charge on any atom is 0.404 e. The summed E-state index contributed by atoms with van der Waals surface area (Å²) >= 11 is 0. The fourth-order valence-corrected chi connectivity index (χ4v) is 1.82. The van der Waals surface area contributed by atoms with Crippen LogP contribution in [0.3, 0.4) is 0 Å². The topological polar surface area (TPSA) is 61.4 Å². The molecule has 7 heteroatoms. The van der Waals surface area contributed by atoms with E-state index < -0.39 is 23.6 Å². The molecule has 0 saturated carbocycles. The Morgan fingerprint density at radius 1 is 1.59 bits per heavy atom. The van der Waals surface area contributed by atoms with Gasteiger partial charge in [0.25, 0.3) is 0 Å². The SMILES string of the molecule is CC(O)CCNC(=O)C1(C(F)(F)F)CCNC1. The summed E-state index contributed by atoms with van der Waals surface area (Å²) in [5, 5.41) is 13.8. The van der Waals surface area contributed by atoms with Crippen LogP contribution in [0.4, 0.5) is 13.2 Å². The normalized spacial score (nSPS) is 26.9. The summed E-state index contributed by atoms with van der Waals surface area (Å²) in [4.78, 5) is 11.6. The zero-order valence-corrected chi connectivity index (χ0v) is 9.60. The number of amides is 1. The van der Waals surface area contributed by atoms with Gasteiger partial charge < -0.3 is 15.7 Å². The zero-order chi connectivity index (χ0) is 13.1. The van der Waals surface area contributed by atoms with Crippen LogP contribution in [-0.4, -0.2) is 42.9 Å². The molecule has 3 N–H and O–H groups in total. The lowest BCUT2D eigenvalue weighted by Crippen LogP contribution is -2.52. The molecule has 0 aromatic carbocycles. The van der Waals surface area contributed by atoms with Crippen LogP contribution in [0.2, 0.25) is 0 Å². The van der Waals surface area contributed by atoms with Gasteiger partial charge in [-0.3, -0.25) is 4.79 Å². The van der Waals surface area contributed by atoms with E-state index in [1.54, 1.807) is 0 Å². The van der Waals surface area contributed by atoms with E-state index in [-0.39, 0.29) is 32.5 Å². The monoisotopic (exact) mass is 254 g/mol. The smallest absolute Gasteiger partial charge is 0.393 e. The summed E-state index contributed by atoms with van der Waals surface area (Å²) in [6.07, 6.45) is -5.19. The molecule has 0 radical (unpaired) electrons. The summed E-state index contributed by atoms with van der Waals surface area (Å²) in [6.45, 7) is 1.37. The standard InChI is InChI=1S/C10H17F3N2O2/c1-7(16)2-4-15-8(17)9(10(11,12)13)3-5-14-6-9/h7,14,16H,2-6H2,1H3,(H,15,17). The molecule has 1 amide bonds. The Morgan fingerprint density at radius 2 is 2.24 bits per heavy atom. The number of carbonyl (C=O) groups is 1. The van der Waals surface area contributed by atoms with E-state index in [9.17, 15) is 18.0 Å². The molecular weight excluding hydrogens is 237 g/mol. The maximum absolute atomic E-state index is 12.9. The van der Waals surface area contributed by atoms with E-state index >= 15 is 0 Å². The summed E-state index contributed by atoms with van der Waals surface area (Å²) in [7, 11) is 0. The first-order chi connectivity index (χ1) is 7.79. The van der Waals surface area contributed by atoms with E-state index in [1.165, 1.54) is 6.92 Å². The Kier molecular flexibility index (Phi) is 4.37. The average Bonchev–Trinajstić information content (AvgIpc) is 2.65. The van der Waals surface area contributed by atoms with E-state index in [1.807, 2.05) is 0 Å². The number of nitrogens with one attached hydrogen (secondary N) is 2. The summed E-state index contributed by atoms with van der Waals surface area (Å²) in [6, 6.07) is 0. The maximum atomic E-state index is 12.9. The van der Waals surface area contributed by atoms with Crippen molar-refractivity contribution in [1.29, 1.82) is 0 Å². The largest absolute Gasteiger partial charge is 0.404 e. The van der Waals surface area contributed by atoms with Gasteiger partial charge in [0.1, 0.15) is 0 Å². The molecule has 1 rings (SSSR count). The molecule has 1 saturated heterocycles. The third-order valence-corrected chi connectivity index (χ3v) is 2.98. The summed E-state index contributed by atoms with van der Waals surface area (Å²) in [5.41, 5.74) is -2.31. The number of hydrogen-bond donors (Lipinski definition) is 3. The molecule has 0 aromatic heterocycles. The van der Waals surface area contributed by atoms with Crippen LogP contribution in [0, 0.1) is 5.41 Å². The van der Waals surface area contributed by atoms with Gasteiger partial charge in [0.05, 0.1) is 6.10 Å². The third kappa shape index (κ3) is 3.10. The predicted octanol–water partition coefficient (Wildman–Crippen LogP) is 0.415. The summed E-state index contributed by atoms with van der Waals surface area (Å²) in [5.74, 6) is -1.00. The lowest BCUT2D eigenvalue weighted by atomic mass is 9.85. The number of halogens is 3. The molecule has 0 spiro atoms. The van der Waals surface area contributed by atoms with Gasteiger partial charge in [0.15, 0.2) is 5.41 Å². The second-order valence-electron chi connectivity index (χ2n) is 4.40. The lowest BCUT2D eigenvalue weighted by Gasteiger charge is -2.29. The predicted molar refractivity (Wildman–Crippen MR) is 55.3 cm³/mol. The van der Waals surface area contributed by atoms with Crippen molar-refractivity contribution >= 4 is 5.91 Å². The van der Waals surface area contributed by atoms with Crippen molar-refractivity contribution < 1.29 is 23.1 Å². The molecule has 1 fully saturated rings. The number of aliphatic hydroxyl groups is 1. The Hall–Kier alpha value is -0.820. The highest BCUT2D eigenvalue weighted by Gasteiger charge is 2.61. The number of rotatable bonds is 4. The number of hydrogen-bond acceptors (Lipinski definition) is 3. The van der Waals surface area contributed by atoms with Gasteiger partial charge in [-0.15, -0.1) is 0 Å². The van der Waals surface area contributed by atoms with Crippen molar-refractivity contribution in [2.24, 2.45) is 5.41 Å². The molecule has 0 bridgehead atoms. The van der Waals surface area contributed by atoms with Crippen LogP contribution in [0.25, 0.3) is 0 Å². The second kappa shape index (κ2) is 5.22. The molecule has 17 heavy (non-hydrogen) atoms. The molecule has 2 unspecified atom stereocenters. The highest BCUT2D eigenvalue weighted by molar-refractivity contribution is 5.84. The Bertz CT molecular complexity index is 273. The zero-order valence-electron chi connectivity index (χ0n) is 9.60. The van der Waals surface area contributed by atoms with E-state index in [0.717, 1.165) is 0 Å². The van der Waals surface area contributed by atoms with Crippen LogP contribution in [0.1, 0.15) is 19.8 Å². The van der Waals surface area contributed by atoms with Crippen molar-refractivity contribution in [2.75, 3.05) is 19.6 Å². The lowest BCUT2D eigenvalue weighted by molar-refractivity contribution is -0.216. The van der Waals surface area contributed by atoms with E-state index in [2.05, 4.69) is 10.6 Å². The number of aliphatic hydroxyl groups excluding tert-OH is 1. The van der Waals surface area contributed by atoms with Gasteiger partial charge >= 0.3 is 6.18 Å². The minimum absolute atomic E-state index is 0.0499. The van der Waals surface area contributed by atoms with Crippen LogP contribution in [0.5, 0.6) is 0 Å². The van der Waals surface area contributed by atoms with Gasteiger partial charge in [-0.05, 0) is 26.3 Å². The minimum Gasteiger partial charge on any atom is -0.393 e. The van der Waals surface area contributed by atoms with Crippen molar-refractivity contribution in [1.82, 2.24) is 10.6 Å². The Morgan fingerprint density at radius 3 is 2.65 bits per heavy atom. The minimum atomic E-state index is -4.55. The molecule has 0 aliphatic carbocycles. The van der Waals surface area contributed by atoms with Crippen LogP contribution in [-0.2, 0) is 4.79 Å². The van der Waals surface area contributed by atoms with Crippen LogP contribution in [0.15, 0.2) is 0 Å². The molecule has 1 aliphatic rings. The molecule has 0 aromatic rings. The van der Waals surface area contributed by atoms with E-state index in [4.69, 9.17) is 5.11 Å². The summed E-state index contributed by atoms with van der Waals surface area (Å²) < 4.78 is 38.7. The van der Waals surface area contributed by atoms with Crippen molar-refractivity contribution in [3.63, 3.8) is 0 Å². The fourth-order valence-electron chi connectivity index (χ4n) is 1.82. The van der Waals surface area contributed by atoms with Crippen molar-refractivity contribution in [3.8, 4) is 0 Å². The first-order valence-electron chi connectivity index (χ1n) is 5.53. The molecular formula is C10H17F3N2O2. The van der Waals surface area contributed by atoms with Gasteiger partial charge in [-0.2, -0.15) is 13.2 Å².